The number of carbonyl (C=O) groups is 2. The molecule has 132 valence electrons. The van der Waals surface area contributed by atoms with Gasteiger partial charge >= 0.3 is 5.97 Å². The van der Waals surface area contributed by atoms with Gasteiger partial charge in [0.25, 0.3) is 0 Å². The van der Waals surface area contributed by atoms with Crippen LogP contribution in [0.1, 0.15) is 22.3 Å². The number of carbonyl (C=O) groups excluding carboxylic acids is 2. The lowest BCUT2D eigenvalue weighted by Crippen LogP contribution is -2.25. The van der Waals surface area contributed by atoms with E-state index in [0.717, 1.165) is 11.3 Å². The van der Waals surface area contributed by atoms with Gasteiger partial charge in [0.15, 0.2) is 0 Å². The fourth-order valence-corrected chi connectivity index (χ4v) is 2.37. The fraction of sp³-hybridized carbons (Fsp3) is 0.263. The van der Waals surface area contributed by atoms with Crippen LogP contribution < -0.4 is 15.4 Å². The van der Waals surface area contributed by atoms with Gasteiger partial charge in [-0.3, -0.25) is 4.79 Å². The average molecular weight is 342 g/mol. The van der Waals surface area contributed by atoms with Gasteiger partial charge < -0.3 is 20.1 Å². The summed E-state index contributed by atoms with van der Waals surface area (Å²) in [6.07, 6.45) is 0.282. The highest BCUT2D eigenvalue weighted by molar-refractivity contribution is 5.95. The molecule has 0 saturated carbocycles. The van der Waals surface area contributed by atoms with E-state index in [1.165, 1.54) is 7.11 Å². The van der Waals surface area contributed by atoms with Crippen LogP contribution in [0.4, 0.5) is 5.69 Å². The monoisotopic (exact) mass is 342 g/mol. The average Bonchev–Trinajstić information content (AvgIpc) is 2.66. The molecule has 0 atom stereocenters. The second-order valence-electron chi connectivity index (χ2n) is 5.30. The van der Waals surface area contributed by atoms with Crippen LogP contribution in [0.3, 0.4) is 0 Å². The maximum atomic E-state index is 12.0. The molecule has 1 amide bonds. The lowest BCUT2D eigenvalue weighted by molar-refractivity contribution is -0.121. The van der Waals surface area contributed by atoms with Crippen molar-refractivity contribution < 1.29 is 19.1 Å². The molecule has 0 heterocycles. The SMILES string of the molecule is COC(=O)c1ccccc1NCCC(=O)NCc1ccccc1OC. The quantitative estimate of drug-likeness (QED) is 0.721. The van der Waals surface area contributed by atoms with E-state index in [2.05, 4.69) is 10.6 Å². The highest BCUT2D eigenvalue weighted by Gasteiger charge is 2.11. The summed E-state index contributed by atoms with van der Waals surface area (Å²) in [5.74, 6) is 0.241. The summed E-state index contributed by atoms with van der Waals surface area (Å²) in [6.45, 7) is 0.813. The van der Waals surface area contributed by atoms with Crippen molar-refractivity contribution in [3.8, 4) is 5.75 Å². The number of nitrogens with one attached hydrogen (secondary N) is 2. The van der Waals surface area contributed by atoms with Crippen molar-refractivity contribution >= 4 is 17.6 Å². The van der Waals surface area contributed by atoms with E-state index < -0.39 is 5.97 Å². The standard InChI is InChI=1S/C19H22N2O4/c1-24-17-10-6-3-7-14(17)13-21-18(22)11-12-20-16-9-5-4-8-15(16)19(23)25-2/h3-10,20H,11-13H2,1-2H3,(H,21,22). The number of rotatable bonds is 8. The Morgan fingerprint density at radius 3 is 2.48 bits per heavy atom. The van der Waals surface area contributed by atoms with E-state index >= 15 is 0 Å². The summed E-state index contributed by atoms with van der Waals surface area (Å²) in [4.78, 5) is 23.7. The number of hydrogen-bond acceptors (Lipinski definition) is 5. The molecule has 0 bridgehead atoms. The summed E-state index contributed by atoms with van der Waals surface area (Å²) in [5.41, 5.74) is 2.01. The van der Waals surface area contributed by atoms with E-state index in [0.29, 0.717) is 24.3 Å². The minimum absolute atomic E-state index is 0.0889. The highest BCUT2D eigenvalue weighted by atomic mass is 16.5. The number of benzene rings is 2. The maximum absolute atomic E-state index is 12.0. The van der Waals surface area contributed by atoms with Crippen molar-refractivity contribution in [2.75, 3.05) is 26.1 Å². The van der Waals surface area contributed by atoms with Crippen LogP contribution in [-0.2, 0) is 16.1 Å². The van der Waals surface area contributed by atoms with Crippen molar-refractivity contribution in [3.05, 3.63) is 59.7 Å². The molecule has 6 heteroatoms. The van der Waals surface area contributed by atoms with Gasteiger partial charge in [-0.15, -0.1) is 0 Å². The van der Waals surface area contributed by atoms with Crippen molar-refractivity contribution in [2.24, 2.45) is 0 Å². The number of methoxy groups -OCH3 is 2. The first-order valence-electron chi connectivity index (χ1n) is 7.95. The largest absolute Gasteiger partial charge is 0.496 e. The van der Waals surface area contributed by atoms with Crippen LogP contribution in [0.2, 0.25) is 0 Å². The molecule has 2 aromatic rings. The summed E-state index contributed by atoms with van der Waals surface area (Å²) < 4.78 is 10.00. The van der Waals surface area contributed by atoms with Crippen LogP contribution in [0.25, 0.3) is 0 Å². The topological polar surface area (TPSA) is 76.7 Å². The highest BCUT2D eigenvalue weighted by Crippen LogP contribution is 2.17. The Balaban J connectivity index is 1.82. The van der Waals surface area contributed by atoms with Gasteiger partial charge in [-0.1, -0.05) is 30.3 Å². The van der Waals surface area contributed by atoms with E-state index in [1.807, 2.05) is 30.3 Å². The summed E-state index contributed by atoms with van der Waals surface area (Å²) in [5, 5.41) is 5.95. The van der Waals surface area contributed by atoms with Gasteiger partial charge in [0, 0.05) is 30.8 Å². The predicted molar refractivity (Wildman–Crippen MR) is 95.7 cm³/mol. The Labute approximate surface area is 147 Å². The Morgan fingerprint density at radius 2 is 1.72 bits per heavy atom. The van der Waals surface area contributed by atoms with E-state index in [4.69, 9.17) is 9.47 Å². The van der Waals surface area contributed by atoms with Crippen LogP contribution in [-0.4, -0.2) is 32.6 Å². The molecule has 0 radical (unpaired) electrons. The van der Waals surface area contributed by atoms with Crippen molar-refractivity contribution in [1.82, 2.24) is 5.32 Å². The molecular formula is C19H22N2O4. The predicted octanol–water partition coefficient (Wildman–Crippen LogP) is 2.60. The minimum Gasteiger partial charge on any atom is -0.496 e. The third-order valence-electron chi connectivity index (χ3n) is 3.67. The molecule has 0 aliphatic rings. The molecule has 0 saturated heterocycles. The molecule has 0 fully saturated rings. The first-order chi connectivity index (χ1) is 12.2. The third-order valence-corrected chi connectivity index (χ3v) is 3.67. The number of hydrogen-bond donors (Lipinski definition) is 2. The second kappa shape index (κ2) is 9.32. The Morgan fingerprint density at radius 1 is 1.00 bits per heavy atom. The lowest BCUT2D eigenvalue weighted by Gasteiger charge is -2.11. The normalized spacial score (nSPS) is 10.0. The summed E-state index contributed by atoms with van der Waals surface area (Å²) >= 11 is 0. The Kier molecular flexibility index (Phi) is 6.83. The molecule has 2 aromatic carbocycles. The fourth-order valence-electron chi connectivity index (χ4n) is 2.37. The van der Waals surface area contributed by atoms with E-state index in [-0.39, 0.29) is 12.3 Å². The van der Waals surface area contributed by atoms with Crippen molar-refractivity contribution in [1.29, 1.82) is 0 Å². The molecule has 0 aliphatic heterocycles. The molecular weight excluding hydrogens is 320 g/mol. The Hall–Kier alpha value is -3.02. The van der Waals surface area contributed by atoms with Gasteiger partial charge in [0.1, 0.15) is 5.75 Å². The van der Waals surface area contributed by atoms with Gasteiger partial charge in [0.05, 0.1) is 19.8 Å². The molecule has 2 N–H and O–H groups in total. The molecule has 0 aromatic heterocycles. The zero-order valence-corrected chi connectivity index (χ0v) is 14.4. The number of amides is 1. The third kappa shape index (κ3) is 5.24. The number of anilines is 1. The van der Waals surface area contributed by atoms with Crippen LogP contribution >= 0.6 is 0 Å². The Bertz CT molecular complexity index is 731. The van der Waals surface area contributed by atoms with Crippen molar-refractivity contribution in [3.63, 3.8) is 0 Å². The van der Waals surface area contributed by atoms with Gasteiger partial charge in [-0.25, -0.2) is 4.79 Å². The maximum Gasteiger partial charge on any atom is 0.339 e. The van der Waals surface area contributed by atoms with E-state index in [9.17, 15) is 9.59 Å². The minimum atomic E-state index is -0.413. The first kappa shape index (κ1) is 18.3. The summed E-state index contributed by atoms with van der Waals surface area (Å²) in [6, 6.07) is 14.6. The molecule has 0 unspecified atom stereocenters. The first-order valence-corrected chi connectivity index (χ1v) is 7.95. The van der Waals surface area contributed by atoms with Crippen LogP contribution in [0.5, 0.6) is 5.75 Å². The van der Waals surface area contributed by atoms with Gasteiger partial charge in [0.2, 0.25) is 5.91 Å². The van der Waals surface area contributed by atoms with Crippen LogP contribution in [0.15, 0.2) is 48.5 Å². The molecule has 2 rings (SSSR count). The molecule has 6 nitrogen and oxygen atoms in total. The van der Waals surface area contributed by atoms with Gasteiger partial charge in [-0.2, -0.15) is 0 Å². The number of ether oxygens (including phenoxy) is 2. The molecule has 0 spiro atoms. The van der Waals surface area contributed by atoms with Gasteiger partial charge in [-0.05, 0) is 18.2 Å². The zero-order chi connectivity index (χ0) is 18.1. The van der Waals surface area contributed by atoms with E-state index in [1.54, 1.807) is 25.3 Å². The number of para-hydroxylation sites is 2. The molecule has 0 aliphatic carbocycles. The smallest absolute Gasteiger partial charge is 0.339 e. The summed E-state index contributed by atoms with van der Waals surface area (Å²) in [7, 11) is 2.94. The zero-order valence-electron chi connectivity index (χ0n) is 14.4. The lowest BCUT2D eigenvalue weighted by atomic mass is 10.1. The second-order valence-corrected chi connectivity index (χ2v) is 5.30. The molecule has 25 heavy (non-hydrogen) atoms. The van der Waals surface area contributed by atoms with Crippen LogP contribution in [0, 0.1) is 0 Å². The number of esters is 1. The van der Waals surface area contributed by atoms with Crippen molar-refractivity contribution in [2.45, 2.75) is 13.0 Å².